The Bertz CT molecular complexity index is 821. The van der Waals surface area contributed by atoms with Crippen LogP contribution in [0.3, 0.4) is 0 Å². The summed E-state index contributed by atoms with van der Waals surface area (Å²) in [6, 6.07) is 0. The van der Waals surface area contributed by atoms with Gasteiger partial charge in [0.2, 0.25) is 0 Å². The van der Waals surface area contributed by atoms with E-state index in [2.05, 4.69) is 27.1 Å². The molecule has 21 nitrogen and oxygen atoms in total. The van der Waals surface area contributed by atoms with Crippen molar-refractivity contribution in [2.24, 2.45) is 5.41 Å². The zero-order valence-corrected chi connectivity index (χ0v) is 26.9. The number of phosphoric acid groups is 3. The summed E-state index contributed by atoms with van der Waals surface area (Å²) in [5.41, 5.74) is -1.31. The van der Waals surface area contributed by atoms with E-state index in [1.807, 2.05) is 0 Å². The first kappa shape index (κ1) is 43.2. The number of ether oxygens (including phenoxy) is 3. The molecule has 25 heteroatoms. The summed E-state index contributed by atoms with van der Waals surface area (Å²) >= 11 is 0. The Labute approximate surface area is 248 Å². The minimum atomic E-state index is -4.70. The fourth-order valence-electron chi connectivity index (χ4n) is 2.71. The van der Waals surface area contributed by atoms with Crippen LogP contribution in [0.25, 0.3) is 0 Å². The average Bonchev–Trinajstić information content (AvgIpc) is 2.88. The monoisotopic (exact) mass is 714 g/mol. The molecule has 0 radical (unpaired) electrons. The maximum atomic E-state index is 11.7. The van der Waals surface area contributed by atoms with Crippen LogP contribution < -0.4 is 19.6 Å². The zero-order chi connectivity index (χ0) is 32.9. The van der Waals surface area contributed by atoms with Crippen molar-refractivity contribution >= 4 is 31.1 Å². The molecule has 0 aliphatic heterocycles. The predicted molar refractivity (Wildman–Crippen MR) is 133 cm³/mol. The highest BCUT2D eigenvalue weighted by Gasteiger charge is 2.33. The Morgan fingerprint density at radius 1 is 0.488 bits per heavy atom. The molecular formula is C18H38O21P4-4. The van der Waals surface area contributed by atoms with Crippen molar-refractivity contribution in [3.63, 3.8) is 0 Å². The van der Waals surface area contributed by atoms with Crippen LogP contribution in [0.15, 0.2) is 0 Å². The fraction of sp³-hybridized carbons (Fsp3) is 1.00. The van der Waals surface area contributed by atoms with Crippen molar-refractivity contribution in [3.8, 4) is 0 Å². The van der Waals surface area contributed by atoms with Crippen LogP contribution in [0.4, 0.5) is 0 Å². The normalized spacial score (nSPS) is 19.2. The van der Waals surface area contributed by atoms with E-state index in [-0.39, 0.29) is 78.7 Å². The second-order valence-corrected chi connectivity index (χ2v) is 14.4. The fourth-order valence-corrected chi connectivity index (χ4v) is 4.92. The van der Waals surface area contributed by atoms with Gasteiger partial charge in [-0.05, 0) is 19.3 Å². The Morgan fingerprint density at radius 3 is 1.05 bits per heavy atom. The van der Waals surface area contributed by atoms with Crippen molar-refractivity contribution in [2.45, 2.75) is 19.3 Å². The molecule has 0 aromatic rings. The van der Waals surface area contributed by atoms with Gasteiger partial charge >= 0.3 is 0 Å². The van der Waals surface area contributed by atoms with Crippen molar-refractivity contribution in [1.29, 1.82) is 0 Å². The van der Waals surface area contributed by atoms with Crippen molar-refractivity contribution in [3.05, 3.63) is 0 Å². The quantitative estimate of drug-likeness (QED) is 0.0402. The molecule has 4 atom stereocenters. The van der Waals surface area contributed by atoms with Gasteiger partial charge in [0, 0.05) is 26.5 Å². The van der Waals surface area contributed by atoms with Gasteiger partial charge in [-0.3, -0.25) is 27.3 Å². The Kier molecular flexibility index (Phi) is 22.8. The molecule has 0 rings (SSSR count). The number of hydrogen-bond donors (Lipinski definition) is 3. The van der Waals surface area contributed by atoms with Crippen molar-refractivity contribution in [1.82, 2.24) is 0 Å². The smallest absolute Gasteiger partial charge is 0.269 e. The lowest BCUT2D eigenvalue weighted by molar-refractivity contribution is -0.232. The van der Waals surface area contributed by atoms with Gasteiger partial charge in [0.15, 0.2) is 20.4 Å². The van der Waals surface area contributed by atoms with Crippen LogP contribution in [0.5, 0.6) is 0 Å². The number of hydrogen-bond acceptors (Lipinski definition) is 21. The summed E-state index contributed by atoms with van der Waals surface area (Å²) in [7, 11) is -18.4. The van der Waals surface area contributed by atoms with Crippen LogP contribution in [-0.4, -0.2) is 108 Å². The molecule has 0 heterocycles. The molecule has 0 amide bonds. The lowest BCUT2D eigenvalue weighted by Gasteiger charge is -2.35. The summed E-state index contributed by atoms with van der Waals surface area (Å²) in [5, 5.41) is 25.6. The van der Waals surface area contributed by atoms with Gasteiger partial charge < -0.3 is 71.8 Å². The topological polar surface area (TPSA) is 314 Å². The molecule has 43 heavy (non-hydrogen) atoms. The predicted octanol–water partition coefficient (Wildman–Crippen LogP) is -2.25. The van der Waals surface area contributed by atoms with Crippen molar-refractivity contribution < 1.29 is 99.0 Å². The second kappa shape index (κ2) is 22.7. The van der Waals surface area contributed by atoms with Gasteiger partial charge in [-0.2, -0.15) is 0 Å². The van der Waals surface area contributed by atoms with Gasteiger partial charge in [0.05, 0.1) is 51.7 Å². The molecule has 0 saturated carbocycles. The Hall–Kier alpha value is 0.240. The molecular weight excluding hydrogens is 676 g/mol. The second-order valence-electron chi connectivity index (χ2n) is 8.38. The van der Waals surface area contributed by atoms with Crippen LogP contribution >= 0.6 is 31.1 Å². The van der Waals surface area contributed by atoms with Gasteiger partial charge in [0.25, 0.3) is 23.5 Å². The largest absolute Gasteiger partial charge is 0.779 e. The van der Waals surface area contributed by atoms with Crippen LogP contribution in [0.2, 0.25) is 0 Å². The Balaban J connectivity index is 5.19. The summed E-state index contributed by atoms with van der Waals surface area (Å²) in [5.74, 6) is 0. The molecule has 0 aliphatic rings. The van der Waals surface area contributed by atoms with Crippen molar-refractivity contribution in [2.75, 3.05) is 93.1 Å². The molecule has 0 fully saturated rings. The molecule has 0 aliphatic carbocycles. The van der Waals surface area contributed by atoms with Crippen LogP contribution in [0.1, 0.15) is 19.3 Å². The lowest BCUT2D eigenvalue weighted by Crippen LogP contribution is -2.42. The van der Waals surface area contributed by atoms with E-state index in [0.29, 0.717) is 0 Å². The highest BCUT2D eigenvalue weighted by molar-refractivity contribution is 7.50. The van der Waals surface area contributed by atoms with Gasteiger partial charge in [-0.1, -0.05) is 0 Å². The highest BCUT2D eigenvalue weighted by Crippen LogP contribution is 2.39. The average molecular weight is 714 g/mol. The third-order valence-corrected chi connectivity index (χ3v) is 7.91. The van der Waals surface area contributed by atoms with Crippen LogP contribution in [0, 0.1) is 5.41 Å². The molecule has 0 aromatic heterocycles. The van der Waals surface area contributed by atoms with E-state index in [9.17, 15) is 37.8 Å². The van der Waals surface area contributed by atoms with Crippen LogP contribution in [-0.2, 0) is 64.1 Å². The van der Waals surface area contributed by atoms with E-state index in [1.54, 1.807) is 0 Å². The zero-order valence-electron chi connectivity index (χ0n) is 23.3. The van der Waals surface area contributed by atoms with E-state index < -0.39 is 63.5 Å². The first-order valence-electron chi connectivity index (χ1n) is 12.3. The molecule has 4 unspecified atom stereocenters. The number of aliphatic hydroxyl groups excluding tert-OH is 3. The van der Waals surface area contributed by atoms with Gasteiger partial charge in [0.1, 0.15) is 7.60 Å². The molecule has 0 aromatic carbocycles. The van der Waals surface area contributed by atoms with Gasteiger partial charge in [-0.25, -0.2) is 0 Å². The summed E-state index contributed by atoms with van der Waals surface area (Å²) in [6.07, 6.45) is 0.0789. The van der Waals surface area contributed by atoms with E-state index >= 15 is 0 Å². The Morgan fingerprint density at radius 2 is 0.791 bits per heavy atom. The third-order valence-electron chi connectivity index (χ3n) is 4.52. The molecule has 260 valence electrons. The molecule has 0 spiro atoms. The summed E-state index contributed by atoms with van der Waals surface area (Å²) in [6.45, 7) is -5.16. The number of phosphoric ester groups is 3. The minimum absolute atomic E-state index is 0.0263. The first-order chi connectivity index (χ1) is 20.0. The molecule has 0 bridgehead atoms. The minimum Gasteiger partial charge on any atom is -0.779 e. The number of aliphatic hydroxyl groups is 3. The third kappa shape index (κ3) is 25.1. The lowest BCUT2D eigenvalue weighted by atomic mass is 9.92. The maximum absolute atomic E-state index is 11.7. The van der Waals surface area contributed by atoms with E-state index in [4.69, 9.17) is 34.1 Å². The first-order valence-corrected chi connectivity index (χ1v) is 18.7. The summed E-state index contributed by atoms with van der Waals surface area (Å²) in [4.78, 5) is 45.7. The maximum Gasteiger partial charge on any atom is 0.269 e. The number of rotatable bonds is 30. The summed E-state index contributed by atoms with van der Waals surface area (Å²) < 4.78 is 93.0. The van der Waals surface area contributed by atoms with Gasteiger partial charge in [-0.15, -0.1) is 0 Å². The standard InChI is InChI=1S/C18H42O21P4/c1-40(22,23)36-14-18(11-30-5-2-8-33-41(24,25)37-15-19,12-31-6-3-9-34-42(26,27)38-16-20)13-32-7-4-10-35-43(28,29)39-17-21/h19-21H,2-17H2,1H3,(H,22,23)(H,24,25)(H,26,27)(H,28,29)/p-4. The van der Waals surface area contributed by atoms with E-state index in [0.717, 1.165) is 6.66 Å². The molecule has 3 N–H and O–H groups in total. The SMILES string of the molecule is CP(=O)([O-])OCC(COCCCOP(=O)([O-])OCO)(COCCCOP(=O)([O-])OCO)COCCCOP(=O)([O-])OCO. The van der Waals surface area contributed by atoms with E-state index in [1.165, 1.54) is 0 Å². The molecule has 0 saturated heterocycles. The highest BCUT2D eigenvalue weighted by atomic mass is 31.2.